The van der Waals surface area contributed by atoms with Crippen molar-refractivity contribution in [2.24, 2.45) is 7.05 Å². The molecule has 0 aromatic carbocycles. The van der Waals surface area contributed by atoms with Gasteiger partial charge in [-0.3, -0.25) is 29.3 Å². The van der Waals surface area contributed by atoms with Crippen LogP contribution in [0.5, 0.6) is 0 Å². The number of carbonyl (C=O) groups is 3. The van der Waals surface area contributed by atoms with E-state index in [0.717, 1.165) is 5.56 Å². The number of aliphatic carboxylic acids is 2. The molecule has 2 bridgehead atoms. The molecule has 0 fully saturated rings. The first-order chi connectivity index (χ1) is 17.2. The minimum absolute atomic E-state index is 0.122. The first kappa shape index (κ1) is 27.2. The monoisotopic (exact) mass is 505 g/mol. The zero-order chi connectivity index (χ0) is 26.2. The number of carboxylic acids is 3. The van der Waals surface area contributed by atoms with E-state index in [1.807, 2.05) is 17.0 Å². The highest BCUT2D eigenvalue weighted by Gasteiger charge is 2.21. The molecule has 3 heterocycles. The molecule has 1 aliphatic heterocycles. The molecule has 0 unspecified atom stereocenters. The fourth-order valence-electron chi connectivity index (χ4n) is 4.18. The van der Waals surface area contributed by atoms with Crippen molar-refractivity contribution in [3.05, 3.63) is 41.3 Å². The first-order valence-electron chi connectivity index (χ1n) is 11.3. The standard InChI is InChI=1S/C23H31N5O8/c1-25-19(3-4-20(25)23(33)34)16-9-17-11-27(14-22(31)32)7-5-26(13-21(29)30)6-8-28(15-36-35-2)12-18(10-16)24-17/h3-4,9-10H,5-8,11-15H2,1-2H3,(H,29,30)(H,31,32)(H,33,34). The molecule has 0 saturated heterocycles. The van der Waals surface area contributed by atoms with Crippen molar-refractivity contribution in [2.45, 2.75) is 13.1 Å². The highest BCUT2D eigenvalue weighted by Crippen LogP contribution is 2.25. The van der Waals surface area contributed by atoms with Gasteiger partial charge >= 0.3 is 17.9 Å². The molecule has 13 heteroatoms. The van der Waals surface area contributed by atoms with Gasteiger partial charge in [-0.15, -0.1) is 0 Å². The largest absolute Gasteiger partial charge is 0.480 e. The minimum atomic E-state index is -1.04. The lowest BCUT2D eigenvalue weighted by Crippen LogP contribution is -2.43. The normalized spacial score (nSPS) is 16.3. The average molecular weight is 506 g/mol. The van der Waals surface area contributed by atoms with E-state index >= 15 is 0 Å². The van der Waals surface area contributed by atoms with Crippen molar-refractivity contribution in [1.82, 2.24) is 24.3 Å². The molecule has 0 amide bonds. The van der Waals surface area contributed by atoms with Crippen LogP contribution >= 0.6 is 0 Å². The molecule has 0 aliphatic carbocycles. The molecular weight excluding hydrogens is 474 g/mol. The summed E-state index contributed by atoms with van der Waals surface area (Å²) in [7, 11) is 3.07. The zero-order valence-electron chi connectivity index (χ0n) is 20.3. The second-order valence-electron chi connectivity index (χ2n) is 8.55. The summed E-state index contributed by atoms with van der Waals surface area (Å²) in [6, 6.07) is 6.92. The Hall–Kier alpha value is -3.36. The van der Waals surface area contributed by atoms with Gasteiger partial charge < -0.3 is 19.9 Å². The smallest absolute Gasteiger partial charge is 0.352 e. The zero-order valence-corrected chi connectivity index (χ0v) is 20.3. The number of fused-ring (bicyclic) bond motifs is 2. The second kappa shape index (κ2) is 12.6. The fraction of sp³-hybridized carbons (Fsp3) is 0.478. The lowest BCUT2D eigenvalue weighted by molar-refractivity contribution is -0.296. The maximum Gasteiger partial charge on any atom is 0.352 e. The summed E-state index contributed by atoms with van der Waals surface area (Å²) in [6.45, 7) is 1.82. The van der Waals surface area contributed by atoms with Crippen LogP contribution in [0.1, 0.15) is 21.9 Å². The van der Waals surface area contributed by atoms with Gasteiger partial charge in [0.1, 0.15) is 12.4 Å². The van der Waals surface area contributed by atoms with E-state index in [4.69, 9.17) is 14.8 Å². The summed E-state index contributed by atoms with van der Waals surface area (Å²) < 4.78 is 1.58. The fourth-order valence-corrected chi connectivity index (χ4v) is 4.18. The summed E-state index contributed by atoms with van der Waals surface area (Å²) in [5.74, 6) is -3.01. The molecule has 2 aromatic heterocycles. The van der Waals surface area contributed by atoms with E-state index in [-0.39, 0.29) is 32.1 Å². The van der Waals surface area contributed by atoms with Crippen molar-refractivity contribution >= 4 is 17.9 Å². The highest BCUT2D eigenvalue weighted by atomic mass is 17.2. The maximum absolute atomic E-state index is 11.5. The molecule has 13 nitrogen and oxygen atoms in total. The van der Waals surface area contributed by atoms with Crippen LogP contribution in [0.25, 0.3) is 11.3 Å². The molecular formula is C23H31N5O8. The number of hydrogen-bond acceptors (Lipinski definition) is 9. The van der Waals surface area contributed by atoms with E-state index in [9.17, 15) is 29.7 Å². The van der Waals surface area contributed by atoms with Gasteiger partial charge in [0.05, 0.1) is 31.6 Å². The Kier molecular flexibility index (Phi) is 9.50. The Morgan fingerprint density at radius 3 is 2.00 bits per heavy atom. The molecule has 0 saturated carbocycles. The lowest BCUT2D eigenvalue weighted by atomic mass is 10.1. The topological polar surface area (TPSA) is 158 Å². The molecule has 0 atom stereocenters. The number of nitrogens with zero attached hydrogens (tertiary/aromatic N) is 5. The number of carboxylic acid groups (broad SMARTS) is 3. The maximum atomic E-state index is 11.5. The average Bonchev–Trinajstić information content (AvgIpc) is 3.18. The number of rotatable bonds is 9. The summed E-state index contributed by atoms with van der Waals surface area (Å²) in [6.07, 6.45) is 0. The van der Waals surface area contributed by atoms with E-state index in [0.29, 0.717) is 49.8 Å². The van der Waals surface area contributed by atoms with Crippen molar-refractivity contribution < 1.29 is 39.5 Å². The van der Waals surface area contributed by atoms with E-state index in [1.54, 1.807) is 27.5 Å². The molecule has 0 spiro atoms. The van der Waals surface area contributed by atoms with Crippen molar-refractivity contribution in [2.75, 3.05) is 53.1 Å². The molecule has 3 N–H and O–H groups in total. The Labute approximate surface area is 208 Å². The van der Waals surface area contributed by atoms with Crippen LogP contribution in [-0.4, -0.2) is 111 Å². The molecule has 0 radical (unpaired) electrons. The Bertz CT molecular complexity index is 1090. The van der Waals surface area contributed by atoms with Gasteiger partial charge in [-0.25, -0.2) is 14.6 Å². The predicted molar refractivity (Wildman–Crippen MR) is 126 cm³/mol. The van der Waals surface area contributed by atoms with E-state index < -0.39 is 17.9 Å². The highest BCUT2D eigenvalue weighted by molar-refractivity contribution is 5.87. The summed E-state index contributed by atoms with van der Waals surface area (Å²) in [5, 5.41) is 28.2. The number of hydrogen-bond donors (Lipinski definition) is 3. The Morgan fingerprint density at radius 1 is 0.889 bits per heavy atom. The van der Waals surface area contributed by atoms with Crippen LogP contribution in [0.3, 0.4) is 0 Å². The van der Waals surface area contributed by atoms with Crippen LogP contribution in [0, 0.1) is 0 Å². The summed E-state index contributed by atoms with van der Waals surface area (Å²) >= 11 is 0. The number of pyridine rings is 1. The van der Waals surface area contributed by atoms with Crippen molar-refractivity contribution in [3.8, 4) is 11.3 Å². The third-order valence-corrected chi connectivity index (χ3v) is 5.88. The van der Waals surface area contributed by atoms with Gasteiger partial charge in [0.25, 0.3) is 0 Å². The quantitative estimate of drug-likeness (QED) is 0.319. The number of aromatic nitrogens is 2. The Morgan fingerprint density at radius 2 is 1.44 bits per heavy atom. The molecule has 3 rings (SSSR count). The van der Waals surface area contributed by atoms with Crippen molar-refractivity contribution in [3.63, 3.8) is 0 Å². The molecule has 196 valence electrons. The van der Waals surface area contributed by atoms with Gasteiger partial charge in [-0.2, -0.15) is 0 Å². The van der Waals surface area contributed by atoms with Gasteiger partial charge in [0, 0.05) is 57.6 Å². The number of aromatic carboxylic acids is 1. The van der Waals surface area contributed by atoms with E-state index in [1.165, 1.54) is 13.2 Å². The summed E-state index contributed by atoms with van der Waals surface area (Å²) in [4.78, 5) is 54.4. The SMILES string of the molecule is COOCN1CCN(CC(=O)O)CCN(CC(=O)O)Cc2cc(-c3ccc(C(=O)O)n3C)cc(n2)C1. The molecule has 2 aromatic rings. The van der Waals surface area contributed by atoms with Crippen LogP contribution in [0.15, 0.2) is 24.3 Å². The van der Waals surface area contributed by atoms with Crippen LogP contribution in [0.2, 0.25) is 0 Å². The van der Waals surface area contributed by atoms with Gasteiger partial charge in [0.15, 0.2) is 0 Å². The first-order valence-corrected chi connectivity index (χ1v) is 11.3. The lowest BCUT2D eigenvalue weighted by Gasteiger charge is -2.29. The molecule has 1 aliphatic rings. The van der Waals surface area contributed by atoms with E-state index in [2.05, 4.69) is 0 Å². The summed E-state index contributed by atoms with van der Waals surface area (Å²) in [5.41, 5.74) is 2.85. The van der Waals surface area contributed by atoms with Crippen LogP contribution in [0.4, 0.5) is 0 Å². The predicted octanol–water partition coefficient (Wildman–Crippen LogP) is 0.410. The van der Waals surface area contributed by atoms with Crippen LogP contribution in [-0.2, 0) is 39.5 Å². The third kappa shape index (κ3) is 7.57. The minimum Gasteiger partial charge on any atom is -0.480 e. The van der Waals surface area contributed by atoms with Gasteiger partial charge in [0.2, 0.25) is 0 Å². The van der Waals surface area contributed by atoms with Crippen molar-refractivity contribution in [1.29, 1.82) is 0 Å². The van der Waals surface area contributed by atoms with Gasteiger partial charge in [-0.05, 0) is 24.3 Å². The second-order valence-corrected chi connectivity index (χ2v) is 8.55. The molecule has 36 heavy (non-hydrogen) atoms. The Balaban J connectivity index is 2.01. The van der Waals surface area contributed by atoms with Crippen LogP contribution < -0.4 is 0 Å². The third-order valence-electron chi connectivity index (χ3n) is 5.88. The van der Waals surface area contributed by atoms with Gasteiger partial charge in [-0.1, -0.05) is 0 Å².